The Bertz CT molecular complexity index is 504. The lowest BCUT2D eigenvalue weighted by Crippen LogP contribution is -2.48. The van der Waals surface area contributed by atoms with Gasteiger partial charge in [0.2, 0.25) is 5.75 Å². The molecule has 0 aliphatic carbocycles. The van der Waals surface area contributed by atoms with Crippen LogP contribution in [0.25, 0.3) is 0 Å². The average Bonchev–Trinajstić information content (AvgIpc) is 2.38. The number of thioether (sulfide) groups is 1. The number of hydrogen-bond donors (Lipinski definition) is 2. The van der Waals surface area contributed by atoms with E-state index in [9.17, 15) is 14.7 Å². The van der Waals surface area contributed by atoms with E-state index in [-0.39, 0.29) is 11.6 Å². The minimum atomic E-state index is -0.925. The molecule has 1 atom stereocenters. The van der Waals surface area contributed by atoms with Crippen LogP contribution >= 0.6 is 11.8 Å². The summed E-state index contributed by atoms with van der Waals surface area (Å²) < 4.78 is 5.01. The number of rotatable bonds is 3. The van der Waals surface area contributed by atoms with Crippen LogP contribution in [0.1, 0.15) is 0 Å². The number of methoxy groups -OCH3 is 1. The van der Waals surface area contributed by atoms with E-state index >= 15 is 0 Å². The van der Waals surface area contributed by atoms with Crippen molar-refractivity contribution < 1.29 is 14.6 Å². The van der Waals surface area contributed by atoms with Crippen molar-refractivity contribution in [3.05, 3.63) is 16.7 Å². The van der Waals surface area contributed by atoms with Crippen molar-refractivity contribution in [3.8, 4) is 5.75 Å². The van der Waals surface area contributed by atoms with E-state index in [0.29, 0.717) is 12.3 Å². The molecule has 0 radical (unpaired) electrons. The molecule has 98 valence electrons. The Balaban J connectivity index is 2.42. The van der Waals surface area contributed by atoms with E-state index in [4.69, 9.17) is 4.74 Å². The number of aromatic amines is 1. The van der Waals surface area contributed by atoms with E-state index in [1.165, 1.54) is 13.4 Å². The Hall–Kier alpha value is -1.70. The summed E-state index contributed by atoms with van der Waals surface area (Å²) in [5, 5.41) is 9.19. The largest absolute Gasteiger partial charge is 0.489 e. The number of anilines is 1. The lowest BCUT2D eigenvalue weighted by molar-refractivity contribution is -0.138. The van der Waals surface area contributed by atoms with Gasteiger partial charge in [0.15, 0.2) is 5.82 Å². The first-order chi connectivity index (χ1) is 8.65. The smallest absolute Gasteiger partial charge is 0.327 e. The van der Waals surface area contributed by atoms with E-state index in [0.717, 1.165) is 5.75 Å². The highest BCUT2D eigenvalue weighted by Gasteiger charge is 2.32. The number of nitrogens with zero attached hydrogens (tertiary/aromatic N) is 2. The number of aliphatic carboxylic acids is 1. The Labute approximate surface area is 107 Å². The van der Waals surface area contributed by atoms with Gasteiger partial charge in [-0.3, -0.25) is 4.79 Å². The second kappa shape index (κ2) is 5.30. The van der Waals surface area contributed by atoms with Crippen molar-refractivity contribution in [2.75, 3.05) is 30.1 Å². The third kappa shape index (κ3) is 2.28. The quantitative estimate of drug-likeness (QED) is 0.785. The number of hydrogen-bond acceptors (Lipinski definition) is 6. The van der Waals surface area contributed by atoms with E-state index < -0.39 is 17.6 Å². The van der Waals surface area contributed by atoms with E-state index in [1.807, 2.05) is 0 Å². The molecule has 0 aromatic carbocycles. The first-order valence-corrected chi connectivity index (χ1v) is 6.49. The lowest BCUT2D eigenvalue weighted by atomic mass is 10.2. The third-order valence-electron chi connectivity index (χ3n) is 2.68. The molecule has 2 N–H and O–H groups in total. The molecule has 1 fully saturated rings. The second-order valence-electron chi connectivity index (χ2n) is 3.71. The zero-order valence-electron chi connectivity index (χ0n) is 9.75. The van der Waals surface area contributed by atoms with Gasteiger partial charge in [-0.15, -0.1) is 0 Å². The van der Waals surface area contributed by atoms with Crippen LogP contribution in [0.3, 0.4) is 0 Å². The van der Waals surface area contributed by atoms with Gasteiger partial charge in [0.05, 0.1) is 13.4 Å². The highest BCUT2D eigenvalue weighted by Crippen LogP contribution is 2.27. The molecule has 0 amide bonds. The predicted octanol–water partition coefficient (Wildman–Crippen LogP) is -0.215. The van der Waals surface area contributed by atoms with Gasteiger partial charge in [-0.25, -0.2) is 9.78 Å². The van der Waals surface area contributed by atoms with Crippen molar-refractivity contribution in [1.29, 1.82) is 0 Å². The Morgan fingerprint density at radius 2 is 2.50 bits per heavy atom. The number of aromatic nitrogens is 2. The molecule has 0 saturated carbocycles. The lowest BCUT2D eigenvalue weighted by Gasteiger charge is -2.33. The molecule has 7 nitrogen and oxygen atoms in total. The van der Waals surface area contributed by atoms with Gasteiger partial charge < -0.3 is 19.7 Å². The minimum absolute atomic E-state index is 0.0515. The van der Waals surface area contributed by atoms with Gasteiger partial charge in [-0.05, 0) is 0 Å². The molecule has 8 heteroatoms. The molecule has 1 aliphatic rings. The number of carboxylic acids is 1. The van der Waals surface area contributed by atoms with Gasteiger partial charge in [-0.1, -0.05) is 0 Å². The molecule has 1 aromatic heterocycles. The normalized spacial score (nSPS) is 19.6. The summed E-state index contributed by atoms with van der Waals surface area (Å²) in [6, 6.07) is -0.688. The summed E-state index contributed by atoms with van der Waals surface area (Å²) in [4.78, 5) is 30.9. The van der Waals surface area contributed by atoms with E-state index in [2.05, 4.69) is 9.97 Å². The first-order valence-electron chi connectivity index (χ1n) is 5.34. The SMILES string of the molecule is COc1c(N2CCSCC2C(=O)O)nc[nH]c1=O. The zero-order valence-corrected chi connectivity index (χ0v) is 10.6. The van der Waals surface area contributed by atoms with Crippen LogP contribution in [0.4, 0.5) is 5.82 Å². The number of nitrogens with one attached hydrogen (secondary N) is 1. The summed E-state index contributed by atoms with van der Waals surface area (Å²) in [7, 11) is 1.37. The van der Waals surface area contributed by atoms with Gasteiger partial charge in [0.25, 0.3) is 5.56 Å². The molecule has 2 rings (SSSR count). The average molecular weight is 271 g/mol. The molecular weight excluding hydrogens is 258 g/mol. The highest BCUT2D eigenvalue weighted by molar-refractivity contribution is 7.99. The van der Waals surface area contributed by atoms with Crippen LogP contribution in [0.15, 0.2) is 11.1 Å². The molecule has 1 aromatic rings. The Kier molecular flexibility index (Phi) is 3.75. The molecule has 1 saturated heterocycles. The van der Waals surface area contributed by atoms with Crippen molar-refractivity contribution in [2.24, 2.45) is 0 Å². The molecule has 2 heterocycles. The van der Waals surface area contributed by atoms with Crippen LogP contribution in [-0.4, -0.2) is 52.2 Å². The fourth-order valence-electron chi connectivity index (χ4n) is 1.83. The summed E-state index contributed by atoms with van der Waals surface area (Å²) in [6.07, 6.45) is 1.25. The Morgan fingerprint density at radius 3 is 3.17 bits per heavy atom. The second-order valence-corrected chi connectivity index (χ2v) is 4.86. The van der Waals surface area contributed by atoms with Crippen LogP contribution in [0.5, 0.6) is 5.75 Å². The van der Waals surface area contributed by atoms with E-state index in [1.54, 1.807) is 16.7 Å². The number of carboxylic acid groups (broad SMARTS) is 1. The van der Waals surface area contributed by atoms with Gasteiger partial charge in [-0.2, -0.15) is 11.8 Å². The summed E-state index contributed by atoms with van der Waals surface area (Å²) in [5.74, 6) is 0.671. The van der Waals surface area contributed by atoms with Crippen molar-refractivity contribution in [2.45, 2.75) is 6.04 Å². The summed E-state index contributed by atoms with van der Waals surface area (Å²) in [5.41, 5.74) is -0.412. The molecular formula is C10H13N3O4S. The third-order valence-corrected chi connectivity index (χ3v) is 3.70. The zero-order chi connectivity index (χ0) is 13.1. The van der Waals surface area contributed by atoms with Crippen molar-refractivity contribution in [3.63, 3.8) is 0 Å². The van der Waals surface area contributed by atoms with Crippen molar-refractivity contribution >= 4 is 23.5 Å². The summed E-state index contributed by atoms with van der Waals surface area (Å²) >= 11 is 1.57. The maximum Gasteiger partial charge on any atom is 0.327 e. The minimum Gasteiger partial charge on any atom is -0.489 e. The molecule has 18 heavy (non-hydrogen) atoms. The van der Waals surface area contributed by atoms with Gasteiger partial charge in [0.1, 0.15) is 6.04 Å². The fourth-order valence-corrected chi connectivity index (χ4v) is 2.87. The highest BCUT2D eigenvalue weighted by atomic mass is 32.2. The maximum absolute atomic E-state index is 11.6. The number of ether oxygens (including phenoxy) is 1. The molecule has 1 unspecified atom stereocenters. The standard InChI is InChI=1S/C10H13N3O4S/c1-17-7-8(11-5-12-9(7)14)13-2-3-18-4-6(13)10(15)16/h5-6H,2-4H2,1H3,(H,15,16)(H,11,12,14). The van der Waals surface area contributed by atoms with Crippen LogP contribution in [0, 0.1) is 0 Å². The first kappa shape index (κ1) is 12.7. The van der Waals surface area contributed by atoms with Crippen LogP contribution < -0.4 is 15.2 Å². The van der Waals surface area contributed by atoms with Crippen LogP contribution in [0.2, 0.25) is 0 Å². The topological polar surface area (TPSA) is 95.5 Å². The number of carbonyl (C=O) groups is 1. The van der Waals surface area contributed by atoms with Crippen molar-refractivity contribution in [1.82, 2.24) is 9.97 Å². The van der Waals surface area contributed by atoms with Crippen LogP contribution in [-0.2, 0) is 4.79 Å². The fraction of sp³-hybridized carbons (Fsp3) is 0.500. The van der Waals surface area contributed by atoms with Gasteiger partial charge >= 0.3 is 5.97 Å². The summed E-state index contributed by atoms with van der Waals surface area (Å²) in [6.45, 7) is 0.522. The molecule has 0 bridgehead atoms. The molecule has 0 spiro atoms. The maximum atomic E-state index is 11.6. The monoisotopic (exact) mass is 271 g/mol. The van der Waals surface area contributed by atoms with Gasteiger partial charge in [0, 0.05) is 18.1 Å². The Morgan fingerprint density at radius 1 is 1.72 bits per heavy atom. The number of H-pyrrole nitrogens is 1. The predicted molar refractivity (Wildman–Crippen MR) is 67.5 cm³/mol. The molecule has 1 aliphatic heterocycles.